The first-order valence-electron chi connectivity index (χ1n) is 8.59. The Morgan fingerprint density at radius 2 is 1.62 bits per heavy atom. The second-order valence-electron chi connectivity index (χ2n) is 6.82. The summed E-state index contributed by atoms with van der Waals surface area (Å²) in [6, 6.07) is 16.0. The number of ketones is 1. The van der Waals surface area contributed by atoms with Crippen LogP contribution in [0.3, 0.4) is 0 Å². The first-order chi connectivity index (χ1) is 11.7. The molecule has 24 heavy (non-hydrogen) atoms. The Kier molecular flexibility index (Phi) is 3.99. The molecule has 4 atom stereocenters. The SMILES string of the molecule is Cc1ccc(C(=O)C2c3ccccc3[C@@H]3OCCO[C@H]3[C@@H]2C)cc1. The summed E-state index contributed by atoms with van der Waals surface area (Å²) >= 11 is 0. The topological polar surface area (TPSA) is 35.5 Å². The zero-order chi connectivity index (χ0) is 16.7. The molecule has 1 heterocycles. The zero-order valence-electron chi connectivity index (χ0n) is 14.1. The van der Waals surface area contributed by atoms with Gasteiger partial charge in [-0.3, -0.25) is 4.79 Å². The van der Waals surface area contributed by atoms with Gasteiger partial charge in [0.1, 0.15) is 6.10 Å². The number of carbonyl (C=O) groups excluding carboxylic acids is 1. The number of Topliss-reactive ketones (excluding diaryl/α,β-unsaturated/α-hetero) is 1. The molecule has 1 saturated heterocycles. The summed E-state index contributed by atoms with van der Waals surface area (Å²) in [6.07, 6.45) is -0.125. The third kappa shape index (κ3) is 2.48. The quantitative estimate of drug-likeness (QED) is 0.782. The monoisotopic (exact) mass is 322 g/mol. The molecule has 1 unspecified atom stereocenters. The molecule has 1 fully saturated rings. The van der Waals surface area contributed by atoms with E-state index in [0.717, 1.165) is 22.3 Å². The Hall–Kier alpha value is -1.97. The first kappa shape index (κ1) is 15.6. The summed E-state index contributed by atoms with van der Waals surface area (Å²) in [4.78, 5) is 13.3. The maximum absolute atomic E-state index is 13.3. The second-order valence-corrected chi connectivity index (χ2v) is 6.82. The molecular weight excluding hydrogens is 300 g/mol. The lowest BCUT2D eigenvalue weighted by Crippen LogP contribution is -2.45. The molecule has 3 heteroatoms. The van der Waals surface area contributed by atoms with Crippen LogP contribution in [0.4, 0.5) is 0 Å². The highest BCUT2D eigenvalue weighted by Crippen LogP contribution is 2.46. The van der Waals surface area contributed by atoms with Gasteiger partial charge in [0, 0.05) is 5.56 Å². The summed E-state index contributed by atoms with van der Waals surface area (Å²) in [6.45, 7) is 5.35. The lowest BCUT2D eigenvalue weighted by molar-refractivity contribution is -0.166. The fourth-order valence-corrected chi connectivity index (χ4v) is 4.04. The van der Waals surface area contributed by atoms with Crippen LogP contribution in [-0.4, -0.2) is 25.1 Å². The molecular formula is C21H22O3. The third-order valence-corrected chi connectivity index (χ3v) is 5.29. The van der Waals surface area contributed by atoms with E-state index in [1.807, 2.05) is 43.3 Å². The second kappa shape index (κ2) is 6.15. The van der Waals surface area contributed by atoms with Gasteiger partial charge in [0.05, 0.1) is 25.2 Å². The summed E-state index contributed by atoms with van der Waals surface area (Å²) in [5.74, 6) is 0.0634. The highest BCUT2D eigenvalue weighted by Gasteiger charge is 2.45. The Labute approximate surface area is 142 Å². The van der Waals surface area contributed by atoms with Crippen LogP contribution in [-0.2, 0) is 9.47 Å². The summed E-state index contributed by atoms with van der Waals surface area (Å²) in [5.41, 5.74) is 4.11. The van der Waals surface area contributed by atoms with Gasteiger partial charge in [-0.05, 0) is 24.0 Å². The molecule has 0 bridgehead atoms. The van der Waals surface area contributed by atoms with Gasteiger partial charge in [-0.25, -0.2) is 0 Å². The van der Waals surface area contributed by atoms with Crippen LogP contribution >= 0.6 is 0 Å². The van der Waals surface area contributed by atoms with Crippen molar-refractivity contribution in [3.8, 4) is 0 Å². The number of fused-ring (bicyclic) bond motifs is 3. The van der Waals surface area contributed by atoms with E-state index >= 15 is 0 Å². The predicted molar refractivity (Wildman–Crippen MR) is 92.3 cm³/mol. The smallest absolute Gasteiger partial charge is 0.170 e. The van der Waals surface area contributed by atoms with Gasteiger partial charge in [0.2, 0.25) is 0 Å². The van der Waals surface area contributed by atoms with Crippen molar-refractivity contribution in [2.24, 2.45) is 5.92 Å². The fourth-order valence-electron chi connectivity index (χ4n) is 4.04. The van der Waals surface area contributed by atoms with Gasteiger partial charge in [-0.2, -0.15) is 0 Å². The van der Waals surface area contributed by atoms with E-state index in [-0.39, 0.29) is 29.8 Å². The minimum atomic E-state index is -0.188. The molecule has 1 aliphatic carbocycles. The maximum atomic E-state index is 13.3. The highest BCUT2D eigenvalue weighted by molar-refractivity contribution is 6.01. The fraction of sp³-hybridized carbons (Fsp3) is 0.381. The average Bonchev–Trinajstić information content (AvgIpc) is 2.62. The van der Waals surface area contributed by atoms with Crippen molar-refractivity contribution in [1.29, 1.82) is 0 Å². The van der Waals surface area contributed by atoms with Crippen molar-refractivity contribution in [2.75, 3.05) is 13.2 Å². The molecule has 0 saturated carbocycles. The molecule has 0 radical (unpaired) electrons. The van der Waals surface area contributed by atoms with Crippen molar-refractivity contribution in [2.45, 2.75) is 32.0 Å². The van der Waals surface area contributed by atoms with Crippen molar-refractivity contribution >= 4 is 5.78 Å². The first-order valence-corrected chi connectivity index (χ1v) is 8.59. The number of rotatable bonds is 2. The van der Waals surface area contributed by atoms with E-state index in [1.165, 1.54) is 0 Å². The molecule has 124 valence electrons. The summed E-state index contributed by atoms with van der Waals surface area (Å²) in [7, 11) is 0. The van der Waals surface area contributed by atoms with E-state index in [2.05, 4.69) is 19.1 Å². The largest absolute Gasteiger partial charge is 0.372 e. The summed E-state index contributed by atoms with van der Waals surface area (Å²) in [5, 5.41) is 0. The van der Waals surface area contributed by atoms with Gasteiger partial charge in [-0.15, -0.1) is 0 Å². The molecule has 0 amide bonds. The minimum Gasteiger partial charge on any atom is -0.372 e. The Bertz CT molecular complexity index is 750. The van der Waals surface area contributed by atoms with Gasteiger partial charge in [-0.1, -0.05) is 61.0 Å². The van der Waals surface area contributed by atoms with E-state index in [0.29, 0.717) is 13.2 Å². The van der Waals surface area contributed by atoms with E-state index in [4.69, 9.17) is 9.47 Å². The Balaban J connectivity index is 1.78. The number of benzene rings is 2. The Morgan fingerprint density at radius 3 is 2.38 bits per heavy atom. The third-order valence-electron chi connectivity index (χ3n) is 5.29. The van der Waals surface area contributed by atoms with E-state index in [9.17, 15) is 4.79 Å². The van der Waals surface area contributed by atoms with Gasteiger partial charge in [0.15, 0.2) is 5.78 Å². The standard InChI is InChI=1S/C21H22O3/c1-13-7-9-15(10-8-13)19(22)18-14(2)20-21(24-12-11-23-20)17-6-4-3-5-16(17)18/h3-10,14,18,20-21H,11-12H2,1-2H3/t14-,18?,20+,21+/m1/s1. The predicted octanol–water partition coefficient (Wildman–Crippen LogP) is 4.07. The van der Waals surface area contributed by atoms with Crippen LogP contribution in [0.15, 0.2) is 48.5 Å². The Morgan fingerprint density at radius 1 is 0.958 bits per heavy atom. The maximum Gasteiger partial charge on any atom is 0.170 e. The van der Waals surface area contributed by atoms with E-state index < -0.39 is 0 Å². The van der Waals surface area contributed by atoms with Gasteiger partial charge < -0.3 is 9.47 Å². The molecule has 4 rings (SSSR count). The number of aryl methyl sites for hydroxylation is 1. The molecule has 2 aromatic rings. The van der Waals surface area contributed by atoms with E-state index in [1.54, 1.807) is 0 Å². The van der Waals surface area contributed by atoms with Crippen LogP contribution < -0.4 is 0 Å². The minimum absolute atomic E-state index is 0.0620. The lowest BCUT2D eigenvalue weighted by Gasteiger charge is -2.44. The zero-order valence-corrected chi connectivity index (χ0v) is 14.1. The summed E-state index contributed by atoms with van der Waals surface area (Å²) < 4.78 is 12.0. The molecule has 1 aliphatic heterocycles. The lowest BCUT2D eigenvalue weighted by atomic mass is 9.69. The van der Waals surface area contributed by atoms with Gasteiger partial charge >= 0.3 is 0 Å². The number of ether oxygens (including phenoxy) is 2. The average molecular weight is 322 g/mol. The van der Waals surface area contributed by atoms with Crippen LogP contribution in [0.5, 0.6) is 0 Å². The molecule has 0 spiro atoms. The molecule has 2 aromatic carbocycles. The van der Waals surface area contributed by atoms with Crippen molar-refractivity contribution in [3.05, 3.63) is 70.8 Å². The molecule has 0 N–H and O–H groups in total. The van der Waals surface area contributed by atoms with Crippen LogP contribution in [0, 0.1) is 12.8 Å². The van der Waals surface area contributed by atoms with Crippen LogP contribution in [0.2, 0.25) is 0 Å². The van der Waals surface area contributed by atoms with Crippen molar-refractivity contribution < 1.29 is 14.3 Å². The highest BCUT2D eigenvalue weighted by atomic mass is 16.6. The van der Waals surface area contributed by atoms with Gasteiger partial charge in [0.25, 0.3) is 0 Å². The van der Waals surface area contributed by atoms with Crippen molar-refractivity contribution in [1.82, 2.24) is 0 Å². The molecule has 2 aliphatic rings. The number of carbonyl (C=O) groups is 1. The normalized spacial score (nSPS) is 28.8. The molecule has 0 aromatic heterocycles. The van der Waals surface area contributed by atoms with Crippen LogP contribution in [0.25, 0.3) is 0 Å². The molecule has 3 nitrogen and oxygen atoms in total. The number of hydrogen-bond acceptors (Lipinski definition) is 3. The number of hydrogen-bond donors (Lipinski definition) is 0. The van der Waals surface area contributed by atoms with Crippen molar-refractivity contribution in [3.63, 3.8) is 0 Å². The van der Waals surface area contributed by atoms with Crippen LogP contribution in [0.1, 0.15) is 46.0 Å².